The summed E-state index contributed by atoms with van der Waals surface area (Å²) in [6.07, 6.45) is 1.05. The Balaban J connectivity index is 1.31. The number of nitrogens with zero attached hydrogens (tertiary/aromatic N) is 3. The number of benzene rings is 1. The lowest BCUT2D eigenvalue weighted by Gasteiger charge is -2.36. The van der Waals surface area contributed by atoms with E-state index in [9.17, 15) is 4.39 Å². The molecule has 146 valence electrons. The number of hydrogen-bond donors (Lipinski definition) is 2. The fourth-order valence-corrected chi connectivity index (χ4v) is 3.88. The van der Waals surface area contributed by atoms with Gasteiger partial charge in [0.15, 0.2) is 5.96 Å². The van der Waals surface area contributed by atoms with Gasteiger partial charge in [0.05, 0.1) is 12.2 Å². The maximum Gasteiger partial charge on any atom is 0.191 e. The predicted molar refractivity (Wildman–Crippen MR) is 112 cm³/mol. The molecule has 0 spiro atoms. The number of guanidine groups is 1. The van der Waals surface area contributed by atoms with Crippen LogP contribution in [0, 0.1) is 5.82 Å². The lowest BCUT2D eigenvalue weighted by Crippen LogP contribution is -2.47. The van der Waals surface area contributed by atoms with E-state index in [2.05, 4.69) is 42.9 Å². The molecule has 1 aromatic carbocycles. The first-order valence-corrected chi connectivity index (χ1v) is 10.3. The Morgan fingerprint density at radius 3 is 2.63 bits per heavy atom. The molecule has 1 fully saturated rings. The van der Waals surface area contributed by atoms with E-state index in [-0.39, 0.29) is 5.82 Å². The van der Waals surface area contributed by atoms with Gasteiger partial charge in [-0.1, -0.05) is 18.2 Å². The molecule has 1 aromatic heterocycles. The molecule has 0 amide bonds. The van der Waals surface area contributed by atoms with Gasteiger partial charge >= 0.3 is 0 Å². The minimum Gasteiger partial charge on any atom is -0.367 e. The van der Waals surface area contributed by atoms with Gasteiger partial charge in [-0.05, 0) is 36.5 Å². The van der Waals surface area contributed by atoms with E-state index in [0.29, 0.717) is 0 Å². The first kappa shape index (κ1) is 19.6. The number of nitrogens with one attached hydrogen (secondary N) is 2. The minimum absolute atomic E-state index is 0.128. The SMILES string of the molecule is CN=C(NCCCN1CCN(c2ccccc2F)CC1)NCc1cccs1. The molecule has 0 aliphatic carbocycles. The van der Waals surface area contributed by atoms with Crippen molar-refractivity contribution in [2.24, 2.45) is 4.99 Å². The van der Waals surface area contributed by atoms with E-state index in [1.54, 1.807) is 24.5 Å². The summed E-state index contributed by atoms with van der Waals surface area (Å²) in [7, 11) is 1.80. The molecule has 1 aliphatic heterocycles. The Kier molecular flexibility index (Phi) is 7.47. The molecule has 2 heterocycles. The standard InChI is InChI=1S/C20H28FN5S/c1-22-20(24-16-17-6-4-15-27-17)23-9-5-10-25-11-13-26(14-12-25)19-8-3-2-7-18(19)21/h2-4,6-8,15H,5,9-14,16H2,1H3,(H2,22,23,24). The van der Waals surface area contributed by atoms with Crippen LogP contribution < -0.4 is 15.5 Å². The highest BCUT2D eigenvalue weighted by Gasteiger charge is 2.18. The number of halogens is 1. The van der Waals surface area contributed by atoms with Crippen molar-refractivity contribution in [2.75, 3.05) is 51.2 Å². The summed E-state index contributed by atoms with van der Waals surface area (Å²) < 4.78 is 13.9. The van der Waals surface area contributed by atoms with Crippen LogP contribution in [0.3, 0.4) is 0 Å². The molecule has 2 aromatic rings. The number of piperazine rings is 1. The monoisotopic (exact) mass is 389 g/mol. The first-order valence-electron chi connectivity index (χ1n) is 9.45. The normalized spacial score (nSPS) is 15.8. The summed E-state index contributed by atoms with van der Waals surface area (Å²) in [6.45, 7) is 6.42. The van der Waals surface area contributed by atoms with Crippen LogP contribution in [0.15, 0.2) is 46.8 Å². The molecule has 1 saturated heterocycles. The van der Waals surface area contributed by atoms with Gasteiger partial charge in [0.25, 0.3) is 0 Å². The van der Waals surface area contributed by atoms with E-state index >= 15 is 0 Å². The quantitative estimate of drug-likeness (QED) is 0.434. The predicted octanol–water partition coefficient (Wildman–Crippen LogP) is 2.76. The van der Waals surface area contributed by atoms with E-state index in [0.717, 1.165) is 63.9 Å². The second kappa shape index (κ2) is 10.3. The van der Waals surface area contributed by atoms with Crippen LogP contribution in [0.25, 0.3) is 0 Å². The molecule has 1 aliphatic rings. The van der Waals surface area contributed by atoms with Crippen molar-refractivity contribution in [3.8, 4) is 0 Å². The Labute approximate surface area is 164 Å². The van der Waals surface area contributed by atoms with Crippen LogP contribution in [0.5, 0.6) is 0 Å². The molecule has 0 atom stereocenters. The Morgan fingerprint density at radius 1 is 1.11 bits per heavy atom. The molecule has 7 heteroatoms. The van der Waals surface area contributed by atoms with Crippen LogP contribution >= 0.6 is 11.3 Å². The van der Waals surface area contributed by atoms with Crippen LogP contribution in [-0.2, 0) is 6.54 Å². The van der Waals surface area contributed by atoms with Crippen molar-refractivity contribution in [3.63, 3.8) is 0 Å². The summed E-state index contributed by atoms with van der Waals surface area (Å²) >= 11 is 1.74. The molecular weight excluding hydrogens is 361 g/mol. The van der Waals surface area contributed by atoms with Gasteiger partial charge in [0.1, 0.15) is 5.82 Å². The molecule has 0 unspecified atom stereocenters. The van der Waals surface area contributed by atoms with E-state index in [1.165, 1.54) is 10.9 Å². The van der Waals surface area contributed by atoms with Crippen LogP contribution in [-0.4, -0.2) is 57.2 Å². The fraction of sp³-hybridized carbons (Fsp3) is 0.450. The van der Waals surface area contributed by atoms with Crippen molar-refractivity contribution in [3.05, 3.63) is 52.5 Å². The zero-order valence-electron chi connectivity index (χ0n) is 15.8. The minimum atomic E-state index is -0.128. The highest BCUT2D eigenvalue weighted by atomic mass is 32.1. The average molecular weight is 390 g/mol. The van der Waals surface area contributed by atoms with Gasteiger partial charge < -0.3 is 15.5 Å². The number of thiophene rings is 1. The van der Waals surface area contributed by atoms with Crippen molar-refractivity contribution in [1.82, 2.24) is 15.5 Å². The maximum atomic E-state index is 13.9. The topological polar surface area (TPSA) is 42.9 Å². The van der Waals surface area contributed by atoms with Gasteiger partial charge in [-0.25, -0.2) is 4.39 Å². The van der Waals surface area contributed by atoms with Crippen molar-refractivity contribution >= 4 is 23.0 Å². The first-order chi connectivity index (χ1) is 13.3. The van der Waals surface area contributed by atoms with Crippen molar-refractivity contribution in [1.29, 1.82) is 0 Å². The molecule has 2 N–H and O–H groups in total. The van der Waals surface area contributed by atoms with Gasteiger partial charge in [-0.15, -0.1) is 11.3 Å². The summed E-state index contributed by atoms with van der Waals surface area (Å²) in [4.78, 5) is 10.1. The number of rotatable bonds is 7. The van der Waals surface area contributed by atoms with E-state index in [1.807, 2.05) is 12.1 Å². The third-order valence-corrected chi connectivity index (χ3v) is 5.62. The van der Waals surface area contributed by atoms with Gasteiger partial charge in [0.2, 0.25) is 0 Å². The van der Waals surface area contributed by atoms with E-state index in [4.69, 9.17) is 0 Å². The third kappa shape index (κ3) is 5.94. The lowest BCUT2D eigenvalue weighted by molar-refractivity contribution is 0.254. The molecule has 0 bridgehead atoms. The largest absolute Gasteiger partial charge is 0.367 e. The van der Waals surface area contributed by atoms with Gasteiger partial charge in [-0.3, -0.25) is 9.89 Å². The zero-order chi connectivity index (χ0) is 18.9. The Bertz CT molecular complexity index is 711. The van der Waals surface area contributed by atoms with E-state index < -0.39 is 0 Å². The zero-order valence-corrected chi connectivity index (χ0v) is 16.6. The van der Waals surface area contributed by atoms with Crippen molar-refractivity contribution < 1.29 is 4.39 Å². The van der Waals surface area contributed by atoms with Crippen LogP contribution in [0.4, 0.5) is 10.1 Å². The Morgan fingerprint density at radius 2 is 1.93 bits per heavy atom. The van der Waals surface area contributed by atoms with Crippen molar-refractivity contribution in [2.45, 2.75) is 13.0 Å². The molecule has 5 nitrogen and oxygen atoms in total. The second-order valence-electron chi connectivity index (χ2n) is 6.57. The molecule has 27 heavy (non-hydrogen) atoms. The third-order valence-electron chi connectivity index (χ3n) is 4.74. The summed E-state index contributed by atoms with van der Waals surface area (Å²) in [6, 6.07) is 11.2. The van der Waals surface area contributed by atoms with Gasteiger partial charge in [0, 0.05) is 44.6 Å². The molecular formula is C20H28FN5S. The number of hydrogen-bond acceptors (Lipinski definition) is 4. The highest BCUT2D eigenvalue weighted by Crippen LogP contribution is 2.20. The number of aliphatic imine (C=N–C) groups is 1. The Hall–Kier alpha value is -2.12. The van der Waals surface area contributed by atoms with Crippen LogP contribution in [0.2, 0.25) is 0 Å². The lowest BCUT2D eigenvalue weighted by atomic mass is 10.2. The summed E-state index contributed by atoms with van der Waals surface area (Å²) in [5.41, 5.74) is 0.722. The smallest absolute Gasteiger partial charge is 0.191 e. The molecule has 0 radical (unpaired) electrons. The maximum absolute atomic E-state index is 13.9. The van der Waals surface area contributed by atoms with Crippen LogP contribution in [0.1, 0.15) is 11.3 Å². The molecule has 0 saturated carbocycles. The highest BCUT2D eigenvalue weighted by molar-refractivity contribution is 7.09. The fourth-order valence-electron chi connectivity index (χ4n) is 3.23. The molecule has 3 rings (SSSR count). The summed E-state index contributed by atoms with van der Waals surface area (Å²) in [5.74, 6) is 0.712. The second-order valence-corrected chi connectivity index (χ2v) is 7.60. The van der Waals surface area contributed by atoms with Gasteiger partial charge in [-0.2, -0.15) is 0 Å². The number of para-hydroxylation sites is 1. The average Bonchev–Trinajstić information content (AvgIpc) is 3.22. The summed E-state index contributed by atoms with van der Waals surface area (Å²) in [5, 5.41) is 8.79. The number of anilines is 1.